The Morgan fingerprint density at radius 2 is 2.40 bits per heavy atom. The molecule has 1 amide bonds. The maximum absolute atomic E-state index is 11.9. The van der Waals surface area contributed by atoms with Crippen LogP contribution in [0, 0.1) is 0 Å². The van der Waals surface area contributed by atoms with E-state index in [1.54, 1.807) is 11.0 Å². The van der Waals surface area contributed by atoms with Crippen molar-refractivity contribution in [1.82, 2.24) is 15.1 Å². The zero-order chi connectivity index (χ0) is 10.7. The first-order valence-corrected chi connectivity index (χ1v) is 5.41. The molecule has 1 atom stereocenters. The molecular weight excluding hydrogens is 214 g/mol. The first kappa shape index (κ1) is 10.4. The average Bonchev–Trinajstić information content (AvgIpc) is 2.29. The van der Waals surface area contributed by atoms with Crippen molar-refractivity contribution in [2.24, 2.45) is 0 Å². The summed E-state index contributed by atoms with van der Waals surface area (Å²) < 4.78 is 0. The van der Waals surface area contributed by atoms with Crippen molar-refractivity contribution in [2.45, 2.75) is 18.2 Å². The van der Waals surface area contributed by atoms with E-state index in [-0.39, 0.29) is 11.3 Å². The van der Waals surface area contributed by atoms with E-state index in [1.165, 1.54) is 12.4 Å². The molecule has 1 aliphatic rings. The summed E-state index contributed by atoms with van der Waals surface area (Å²) >= 11 is 6.02. The molecule has 0 saturated carbocycles. The average molecular weight is 226 g/mol. The zero-order valence-electron chi connectivity index (χ0n) is 8.27. The predicted molar refractivity (Wildman–Crippen MR) is 56.8 cm³/mol. The normalized spacial score (nSPS) is 21.4. The summed E-state index contributed by atoms with van der Waals surface area (Å²) in [7, 11) is 0. The molecule has 1 aromatic rings. The van der Waals surface area contributed by atoms with E-state index in [2.05, 4.69) is 10.2 Å². The second-order valence-corrected chi connectivity index (χ2v) is 4.24. The number of carbonyl (C=O) groups excluding carboxylic acids is 1. The van der Waals surface area contributed by atoms with Gasteiger partial charge in [0.05, 0.1) is 23.3 Å². The van der Waals surface area contributed by atoms with Gasteiger partial charge in [-0.3, -0.25) is 4.79 Å². The van der Waals surface area contributed by atoms with Crippen molar-refractivity contribution in [3.63, 3.8) is 0 Å². The minimum absolute atomic E-state index is 0.00440. The molecule has 2 heterocycles. The molecule has 5 heteroatoms. The minimum Gasteiger partial charge on any atom is -0.337 e. The van der Waals surface area contributed by atoms with Gasteiger partial charge in [-0.2, -0.15) is 10.2 Å². The Labute approximate surface area is 93.2 Å². The van der Waals surface area contributed by atoms with Gasteiger partial charge in [0.25, 0.3) is 5.91 Å². The lowest BCUT2D eigenvalue weighted by Crippen LogP contribution is -2.40. The summed E-state index contributed by atoms with van der Waals surface area (Å²) in [6.45, 7) is 1.41. The van der Waals surface area contributed by atoms with Crippen LogP contribution >= 0.6 is 11.6 Å². The van der Waals surface area contributed by atoms with Crippen molar-refractivity contribution < 1.29 is 4.79 Å². The topological polar surface area (TPSA) is 46.1 Å². The molecular formula is C10H12ClN3O. The maximum atomic E-state index is 11.9. The molecule has 0 spiro atoms. The smallest absolute Gasteiger partial charge is 0.255 e. The van der Waals surface area contributed by atoms with E-state index in [4.69, 9.17) is 11.6 Å². The van der Waals surface area contributed by atoms with E-state index in [0.717, 1.165) is 19.4 Å². The van der Waals surface area contributed by atoms with Crippen LogP contribution in [0.25, 0.3) is 0 Å². The Morgan fingerprint density at radius 3 is 3.07 bits per heavy atom. The fourth-order valence-corrected chi connectivity index (χ4v) is 2.03. The van der Waals surface area contributed by atoms with Gasteiger partial charge in [0.1, 0.15) is 0 Å². The van der Waals surface area contributed by atoms with Crippen LogP contribution in [0.3, 0.4) is 0 Å². The Hall–Kier alpha value is -1.16. The highest BCUT2D eigenvalue weighted by Gasteiger charge is 2.22. The number of piperidine rings is 1. The molecule has 1 fully saturated rings. The fourth-order valence-electron chi connectivity index (χ4n) is 1.71. The molecule has 0 aliphatic carbocycles. The van der Waals surface area contributed by atoms with Crippen LogP contribution in [0.5, 0.6) is 0 Å². The molecule has 1 unspecified atom stereocenters. The van der Waals surface area contributed by atoms with Crippen molar-refractivity contribution in [3.05, 3.63) is 24.0 Å². The summed E-state index contributed by atoms with van der Waals surface area (Å²) in [4.78, 5) is 13.7. The van der Waals surface area contributed by atoms with Gasteiger partial charge < -0.3 is 4.90 Å². The third-order valence-corrected chi connectivity index (χ3v) is 2.84. The lowest BCUT2D eigenvalue weighted by Gasteiger charge is -2.29. The molecule has 80 valence electrons. The molecule has 15 heavy (non-hydrogen) atoms. The van der Waals surface area contributed by atoms with Crippen LogP contribution in [0.15, 0.2) is 18.5 Å². The SMILES string of the molecule is O=C(c1ccnnc1)N1CCCC(Cl)C1. The zero-order valence-corrected chi connectivity index (χ0v) is 9.02. The van der Waals surface area contributed by atoms with E-state index in [0.29, 0.717) is 12.1 Å². The van der Waals surface area contributed by atoms with Crippen LogP contribution in [0.2, 0.25) is 0 Å². The Kier molecular flexibility index (Phi) is 3.16. The van der Waals surface area contributed by atoms with Crippen LogP contribution in [-0.2, 0) is 0 Å². The number of halogens is 1. The van der Waals surface area contributed by atoms with Crippen molar-refractivity contribution in [2.75, 3.05) is 13.1 Å². The molecule has 1 aliphatic heterocycles. The highest BCUT2D eigenvalue weighted by molar-refractivity contribution is 6.21. The highest BCUT2D eigenvalue weighted by Crippen LogP contribution is 2.16. The standard InChI is InChI=1S/C10H12ClN3O/c11-9-2-1-5-14(7-9)10(15)8-3-4-12-13-6-8/h3-4,6,9H,1-2,5,7H2. The lowest BCUT2D eigenvalue weighted by atomic mass is 10.1. The van der Waals surface area contributed by atoms with Gasteiger partial charge in [0.15, 0.2) is 0 Å². The van der Waals surface area contributed by atoms with Gasteiger partial charge in [-0.15, -0.1) is 11.6 Å². The van der Waals surface area contributed by atoms with Crippen LogP contribution < -0.4 is 0 Å². The lowest BCUT2D eigenvalue weighted by molar-refractivity contribution is 0.0726. The summed E-state index contributed by atoms with van der Waals surface area (Å²) in [5.41, 5.74) is 0.579. The number of hydrogen-bond acceptors (Lipinski definition) is 3. The molecule has 0 aromatic carbocycles. The Balaban J connectivity index is 2.08. The molecule has 0 N–H and O–H groups in total. The van der Waals surface area contributed by atoms with E-state index < -0.39 is 0 Å². The first-order chi connectivity index (χ1) is 7.27. The van der Waals surface area contributed by atoms with Gasteiger partial charge in [-0.25, -0.2) is 0 Å². The van der Waals surface area contributed by atoms with Crippen molar-refractivity contribution in [1.29, 1.82) is 0 Å². The molecule has 4 nitrogen and oxygen atoms in total. The highest BCUT2D eigenvalue weighted by atomic mass is 35.5. The number of alkyl halides is 1. The minimum atomic E-state index is -0.00440. The molecule has 0 radical (unpaired) electrons. The van der Waals surface area contributed by atoms with Gasteiger partial charge in [-0.1, -0.05) is 0 Å². The third-order valence-electron chi connectivity index (χ3n) is 2.48. The molecule has 1 saturated heterocycles. The summed E-state index contributed by atoms with van der Waals surface area (Å²) in [6, 6.07) is 1.67. The van der Waals surface area contributed by atoms with E-state index >= 15 is 0 Å². The summed E-state index contributed by atoms with van der Waals surface area (Å²) in [5, 5.41) is 7.41. The van der Waals surface area contributed by atoms with E-state index in [1.807, 2.05) is 0 Å². The number of likely N-dealkylation sites (tertiary alicyclic amines) is 1. The number of hydrogen-bond donors (Lipinski definition) is 0. The van der Waals surface area contributed by atoms with Gasteiger partial charge in [0, 0.05) is 13.1 Å². The maximum Gasteiger partial charge on any atom is 0.255 e. The Morgan fingerprint density at radius 1 is 1.53 bits per heavy atom. The number of rotatable bonds is 1. The largest absolute Gasteiger partial charge is 0.337 e. The van der Waals surface area contributed by atoms with Crippen molar-refractivity contribution >= 4 is 17.5 Å². The quantitative estimate of drug-likeness (QED) is 0.678. The second-order valence-electron chi connectivity index (χ2n) is 3.62. The fraction of sp³-hybridized carbons (Fsp3) is 0.500. The monoisotopic (exact) mass is 225 g/mol. The van der Waals surface area contributed by atoms with Crippen LogP contribution in [0.1, 0.15) is 23.2 Å². The van der Waals surface area contributed by atoms with Crippen LogP contribution in [0.4, 0.5) is 0 Å². The summed E-state index contributed by atoms with van der Waals surface area (Å²) in [5.74, 6) is -0.00440. The number of aromatic nitrogens is 2. The molecule has 1 aromatic heterocycles. The summed E-state index contributed by atoms with van der Waals surface area (Å²) in [6.07, 6.45) is 4.97. The second kappa shape index (κ2) is 4.57. The number of carbonyl (C=O) groups is 1. The van der Waals surface area contributed by atoms with Gasteiger partial charge in [0.2, 0.25) is 0 Å². The van der Waals surface area contributed by atoms with E-state index in [9.17, 15) is 4.79 Å². The number of amides is 1. The number of nitrogens with zero attached hydrogens (tertiary/aromatic N) is 3. The van der Waals surface area contributed by atoms with Crippen LogP contribution in [-0.4, -0.2) is 39.5 Å². The molecule has 0 bridgehead atoms. The predicted octanol–water partition coefficient (Wildman–Crippen LogP) is 1.32. The van der Waals surface area contributed by atoms with Gasteiger partial charge in [-0.05, 0) is 18.9 Å². The third kappa shape index (κ3) is 2.45. The van der Waals surface area contributed by atoms with Crippen molar-refractivity contribution in [3.8, 4) is 0 Å². The molecule has 2 rings (SSSR count). The first-order valence-electron chi connectivity index (χ1n) is 4.97. The van der Waals surface area contributed by atoms with Gasteiger partial charge >= 0.3 is 0 Å². The Bertz CT molecular complexity index is 344.